The summed E-state index contributed by atoms with van der Waals surface area (Å²) in [6, 6.07) is 11.6. The molecule has 0 atom stereocenters. The van der Waals surface area contributed by atoms with Crippen molar-refractivity contribution in [1.29, 1.82) is 0 Å². The molecule has 3 nitrogen and oxygen atoms in total. The standard InChI is InChI=1S/C12H8FIO3S/c13-11-6-1-2-7-12(11)18(15,16)17-10-5-3-4-9(14)8-10/h1-8H. The van der Waals surface area contributed by atoms with Crippen molar-refractivity contribution in [1.82, 2.24) is 0 Å². The van der Waals surface area contributed by atoms with Crippen LogP contribution in [0, 0.1) is 9.39 Å². The monoisotopic (exact) mass is 378 g/mol. The molecule has 0 aromatic heterocycles. The summed E-state index contributed by atoms with van der Waals surface area (Å²) < 4.78 is 42.8. The smallest absolute Gasteiger partial charge is 0.342 e. The molecule has 0 N–H and O–H groups in total. The highest BCUT2D eigenvalue weighted by molar-refractivity contribution is 14.1. The zero-order chi connectivity index (χ0) is 13.2. The van der Waals surface area contributed by atoms with E-state index in [1.807, 2.05) is 22.6 Å². The summed E-state index contributed by atoms with van der Waals surface area (Å²) in [7, 11) is -4.14. The minimum absolute atomic E-state index is 0.158. The lowest BCUT2D eigenvalue weighted by atomic mass is 10.3. The van der Waals surface area contributed by atoms with E-state index in [2.05, 4.69) is 0 Å². The van der Waals surface area contributed by atoms with E-state index in [1.165, 1.54) is 24.3 Å². The second kappa shape index (κ2) is 5.23. The average molecular weight is 378 g/mol. The molecule has 0 bridgehead atoms. The maximum atomic E-state index is 13.4. The zero-order valence-corrected chi connectivity index (χ0v) is 12.0. The van der Waals surface area contributed by atoms with Crippen LogP contribution in [0.4, 0.5) is 4.39 Å². The Hall–Kier alpha value is -1.15. The summed E-state index contributed by atoms with van der Waals surface area (Å²) in [5, 5.41) is 0. The molecule has 0 saturated carbocycles. The highest BCUT2D eigenvalue weighted by Crippen LogP contribution is 2.21. The molecule has 6 heteroatoms. The Labute approximate surface area is 118 Å². The van der Waals surface area contributed by atoms with Crippen LogP contribution in [-0.2, 0) is 10.1 Å². The van der Waals surface area contributed by atoms with Gasteiger partial charge in [-0.3, -0.25) is 0 Å². The number of benzene rings is 2. The summed E-state index contributed by atoms with van der Waals surface area (Å²) >= 11 is 2.03. The third-order valence-corrected chi connectivity index (χ3v) is 4.06. The molecule has 0 aliphatic heterocycles. The van der Waals surface area contributed by atoms with E-state index in [1.54, 1.807) is 18.2 Å². The van der Waals surface area contributed by atoms with Gasteiger partial charge in [-0.1, -0.05) is 18.2 Å². The van der Waals surface area contributed by atoms with E-state index in [-0.39, 0.29) is 5.75 Å². The first kappa shape index (κ1) is 13.3. The first-order chi connectivity index (χ1) is 8.49. The van der Waals surface area contributed by atoms with Gasteiger partial charge in [-0.2, -0.15) is 8.42 Å². The molecule has 0 heterocycles. The molecule has 0 amide bonds. The molecule has 0 spiro atoms. The number of hydrogen-bond donors (Lipinski definition) is 0. The molecule has 18 heavy (non-hydrogen) atoms. The summed E-state index contributed by atoms with van der Waals surface area (Å²) in [5.74, 6) is -0.673. The van der Waals surface area contributed by atoms with E-state index in [9.17, 15) is 12.8 Å². The molecule has 0 saturated heterocycles. The molecule has 0 aliphatic carbocycles. The molecule has 2 aromatic carbocycles. The number of halogens is 2. The van der Waals surface area contributed by atoms with Crippen LogP contribution in [0.5, 0.6) is 5.75 Å². The Morgan fingerprint density at radius 1 is 1.06 bits per heavy atom. The van der Waals surface area contributed by atoms with Crippen molar-refractivity contribution in [3.05, 3.63) is 57.9 Å². The molecule has 0 unspecified atom stereocenters. The van der Waals surface area contributed by atoms with Gasteiger partial charge in [0.05, 0.1) is 0 Å². The Morgan fingerprint density at radius 3 is 2.44 bits per heavy atom. The Bertz CT molecular complexity index is 671. The molecule has 2 aromatic rings. The topological polar surface area (TPSA) is 43.4 Å². The van der Waals surface area contributed by atoms with Gasteiger partial charge in [0.15, 0.2) is 0 Å². The first-order valence-corrected chi connectivity index (χ1v) is 7.42. The fourth-order valence-electron chi connectivity index (χ4n) is 1.34. The quantitative estimate of drug-likeness (QED) is 0.609. The average Bonchev–Trinajstić information content (AvgIpc) is 2.28. The van der Waals surface area contributed by atoms with Crippen molar-refractivity contribution in [2.45, 2.75) is 4.90 Å². The van der Waals surface area contributed by atoms with E-state index < -0.39 is 20.8 Å². The van der Waals surface area contributed by atoms with Crippen molar-refractivity contribution >= 4 is 32.7 Å². The number of hydrogen-bond acceptors (Lipinski definition) is 3. The minimum Gasteiger partial charge on any atom is -0.379 e. The SMILES string of the molecule is O=S(=O)(Oc1cccc(I)c1)c1ccccc1F. The van der Waals surface area contributed by atoms with Crippen molar-refractivity contribution in [3.8, 4) is 5.75 Å². The van der Waals surface area contributed by atoms with E-state index >= 15 is 0 Å². The maximum absolute atomic E-state index is 13.4. The van der Waals surface area contributed by atoms with Gasteiger partial charge in [-0.15, -0.1) is 0 Å². The largest absolute Gasteiger partial charge is 0.379 e. The van der Waals surface area contributed by atoms with Gasteiger partial charge in [-0.25, -0.2) is 4.39 Å². The fraction of sp³-hybridized carbons (Fsp3) is 0. The van der Waals surface area contributed by atoms with Crippen LogP contribution in [0.15, 0.2) is 53.4 Å². The highest BCUT2D eigenvalue weighted by Gasteiger charge is 2.20. The lowest BCUT2D eigenvalue weighted by Gasteiger charge is -2.07. The van der Waals surface area contributed by atoms with Crippen molar-refractivity contribution in [2.24, 2.45) is 0 Å². The van der Waals surface area contributed by atoms with Crippen LogP contribution >= 0.6 is 22.6 Å². The highest BCUT2D eigenvalue weighted by atomic mass is 127. The van der Waals surface area contributed by atoms with Crippen LogP contribution < -0.4 is 4.18 Å². The van der Waals surface area contributed by atoms with Crippen LogP contribution in [0.25, 0.3) is 0 Å². The molecule has 0 aliphatic rings. The Kier molecular flexibility index (Phi) is 3.86. The molecule has 94 valence electrons. The zero-order valence-electron chi connectivity index (χ0n) is 9.01. The van der Waals surface area contributed by atoms with E-state index in [0.717, 1.165) is 9.64 Å². The van der Waals surface area contributed by atoms with Crippen LogP contribution in [0.1, 0.15) is 0 Å². The molecular formula is C12H8FIO3S. The molecular weight excluding hydrogens is 370 g/mol. The van der Waals surface area contributed by atoms with Crippen molar-refractivity contribution in [2.75, 3.05) is 0 Å². The minimum atomic E-state index is -4.14. The predicted molar refractivity (Wildman–Crippen MR) is 73.4 cm³/mol. The van der Waals surface area contributed by atoms with Crippen LogP contribution in [0.3, 0.4) is 0 Å². The van der Waals surface area contributed by atoms with Crippen LogP contribution in [0.2, 0.25) is 0 Å². The van der Waals surface area contributed by atoms with Gasteiger partial charge in [0, 0.05) is 3.57 Å². The molecule has 2 rings (SSSR count). The van der Waals surface area contributed by atoms with Gasteiger partial charge in [0.1, 0.15) is 16.5 Å². The summed E-state index contributed by atoms with van der Waals surface area (Å²) in [4.78, 5) is -0.469. The van der Waals surface area contributed by atoms with E-state index in [0.29, 0.717) is 0 Å². The Morgan fingerprint density at radius 2 is 1.78 bits per heavy atom. The molecule has 0 fully saturated rings. The van der Waals surface area contributed by atoms with Gasteiger partial charge < -0.3 is 4.18 Å². The summed E-state index contributed by atoms with van der Waals surface area (Å²) in [5.41, 5.74) is 0. The third-order valence-electron chi connectivity index (χ3n) is 2.11. The number of rotatable bonds is 3. The van der Waals surface area contributed by atoms with Gasteiger partial charge in [-0.05, 0) is 52.9 Å². The summed E-state index contributed by atoms with van der Waals surface area (Å²) in [6.45, 7) is 0. The first-order valence-electron chi connectivity index (χ1n) is 4.93. The third kappa shape index (κ3) is 2.99. The second-order valence-electron chi connectivity index (χ2n) is 3.43. The predicted octanol–water partition coefficient (Wildman–Crippen LogP) is 3.20. The lowest BCUT2D eigenvalue weighted by molar-refractivity contribution is 0.476. The van der Waals surface area contributed by atoms with Crippen LogP contribution in [-0.4, -0.2) is 8.42 Å². The summed E-state index contributed by atoms with van der Waals surface area (Å²) in [6.07, 6.45) is 0. The van der Waals surface area contributed by atoms with Gasteiger partial charge >= 0.3 is 10.1 Å². The van der Waals surface area contributed by atoms with Gasteiger partial charge in [0.2, 0.25) is 0 Å². The fourth-order valence-corrected chi connectivity index (χ4v) is 2.85. The van der Waals surface area contributed by atoms with Crippen molar-refractivity contribution in [3.63, 3.8) is 0 Å². The maximum Gasteiger partial charge on any atom is 0.342 e. The second-order valence-corrected chi connectivity index (χ2v) is 6.19. The van der Waals surface area contributed by atoms with Crippen molar-refractivity contribution < 1.29 is 17.0 Å². The van der Waals surface area contributed by atoms with E-state index in [4.69, 9.17) is 4.18 Å². The van der Waals surface area contributed by atoms with Gasteiger partial charge in [0.25, 0.3) is 0 Å². The normalized spacial score (nSPS) is 11.2. The Balaban J connectivity index is 2.37. The molecule has 0 radical (unpaired) electrons. The lowest BCUT2D eigenvalue weighted by Crippen LogP contribution is -2.11.